The first kappa shape index (κ1) is 13.3. The second kappa shape index (κ2) is 5.67. The predicted molar refractivity (Wildman–Crippen MR) is 71.0 cm³/mol. The Morgan fingerprint density at radius 3 is 2.94 bits per heavy atom. The van der Waals surface area contributed by atoms with Crippen molar-refractivity contribution in [1.82, 2.24) is 0 Å². The molecule has 1 aromatic carbocycles. The lowest BCUT2D eigenvalue weighted by Gasteiger charge is -2.34. The van der Waals surface area contributed by atoms with E-state index in [1.807, 2.05) is 17.9 Å². The third-order valence-electron chi connectivity index (χ3n) is 3.62. The third kappa shape index (κ3) is 2.82. The summed E-state index contributed by atoms with van der Waals surface area (Å²) in [7, 11) is 0. The Labute approximate surface area is 107 Å². The molecule has 0 radical (unpaired) electrons. The van der Waals surface area contributed by atoms with Crippen LogP contribution in [-0.2, 0) is 0 Å². The smallest absolute Gasteiger partial charge is 0.146 e. The van der Waals surface area contributed by atoms with Crippen LogP contribution >= 0.6 is 0 Å². The van der Waals surface area contributed by atoms with Crippen molar-refractivity contribution in [2.75, 3.05) is 24.6 Å². The summed E-state index contributed by atoms with van der Waals surface area (Å²) in [6, 6.07) is 5.04. The zero-order valence-electron chi connectivity index (χ0n) is 10.8. The second-order valence-corrected chi connectivity index (χ2v) is 5.14. The van der Waals surface area contributed by atoms with E-state index in [4.69, 9.17) is 5.73 Å². The van der Waals surface area contributed by atoms with Gasteiger partial charge >= 0.3 is 0 Å². The number of aliphatic hydroxyl groups excluding tert-OH is 1. The van der Waals surface area contributed by atoms with Crippen LogP contribution in [0, 0.1) is 11.7 Å². The summed E-state index contributed by atoms with van der Waals surface area (Å²) >= 11 is 0. The van der Waals surface area contributed by atoms with E-state index in [1.165, 1.54) is 6.07 Å². The summed E-state index contributed by atoms with van der Waals surface area (Å²) in [6.45, 7) is 3.60. The van der Waals surface area contributed by atoms with Crippen molar-refractivity contribution in [1.29, 1.82) is 0 Å². The van der Waals surface area contributed by atoms with Crippen molar-refractivity contribution in [3.8, 4) is 0 Å². The third-order valence-corrected chi connectivity index (χ3v) is 3.62. The van der Waals surface area contributed by atoms with Gasteiger partial charge in [0, 0.05) is 25.7 Å². The molecule has 3 nitrogen and oxygen atoms in total. The molecule has 1 heterocycles. The van der Waals surface area contributed by atoms with E-state index in [-0.39, 0.29) is 24.4 Å². The fourth-order valence-corrected chi connectivity index (χ4v) is 2.50. The largest absolute Gasteiger partial charge is 0.396 e. The number of hydrogen-bond donors (Lipinski definition) is 2. The highest BCUT2D eigenvalue weighted by Crippen LogP contribution is 2.27. The topological polar surface area (TPSA) is 49.5 Å². The maximum Gasteiger partial charge on any atom is 0.146 e. The summed E-state index contributed by atoms with van der Waals surface area (Å²) in [5, 5.41) is 9.20. The van der Waals surface area contributed by atoms with Crippen molar-refractivity contribution in [3.63, 3.8) is 0 Å². The highest BCUT2D eigenvalue weighted by Gasteiger charge is 2.21. The average Bonchev–Trinajstić information content (AvgIpc) is 2.38. The first-order valence-electron chi connectivity index (χ1n) is 6.52. The van der Waals surface area contributed by atoms with Gasteiger partial charge in [-0.05, 0) is 43.4 Å². The Kier molecular flexibility index (Phi) is 4.19. The van der Waals surface area contributed by atoms with Crippen molar-refractivity contribution in [2.45, 2.75) is 25.8 Å². The maximum absolute atomic E-state index is 14.1. The molecule has 0 spiro atoms. The molecule has 1 aromatic rings. The van der Waals surface area contributed by atoms with Crippen LogP contribution in [-0.4, -0.2) is 24.8 Å². The van der Waals surface area contributed by atoms with E-state index in [1.54, 1.807) is 6.07 Å². The van der Waals surface area contributed by atoms with Crippen LogP contribution < -0.4 is 10.6 Å². The van der Waals surface area contributed by atoms with Gasteiger partial charge in [0.05, 0.1) is 5.69 Å². The SMILES string of the molecule is CC(N)c1ccc(N2CCCC(CO)C2)c(F)c1. The summed E-state index contributed by atoms with van der Waals surface area (Å²) in [6.07, 6.45) is 2.02. The zero-order valence-corrected chi connectivity index (χ0v) is 10.8. The minimum absolute atomic E-state index is 0.153. The molecule has 2 rings (SSSR count). The highest BCUT2D eigenvalue weighted by atomic mass is 19.1. The molecule has 2 unspecified atom stereocenters. The lowest BCUT2D eigenvalue weighted by molar-refractivity contribution is 0.208. The van der Waals surface area contributed by atoms with Gasteiger partial charge in [-0.2, -0.15) is 0 Å². The van der Waals surface area contributed by atoms with E-state index in [0.717, 1.165) is 31.5 Å². The van der Waals surface area contributed by atoms with Gasteiger partial charge in [0.25, 0.3) is 0 Å². The number of benzene rings is 1. The van der Waals surface area contributed by atoms with Gasteiger partial charge in [-0.1, -0.05) is 6.07 Å². The molecular formula is C14H21FN2O. The predicted octanol–water partition coefficient (Wildman–Crippen LogP) is 2.05. The van der Waals surface area contributed by atoms with Crippen molar-refractivity contribution < 1.29 is 9.50 Å². The lowest BCUT2D eigenvalue weighted by atomic mass is 9.98. The molecule has 2 atom stereocenters. The van der Waals surface area contributed by atoms with Gasteiger partial charge in [0.1, 0.15) is 5.82 Å². The second-order valence-electron chi connectivity index (χ2n) is 5.14. The molecule has 0 saturated carbocycles. The Balaban J connectivity index is 2.17. The number of anilines is 1. The van der Waals surface area contributed by atoms with E-state index in [2.05, 4.69) is 0 Å². The Hall–Kier alpha value is -1.13. The van der Waals surface area contributed by atoms with E-state index in [9.17, 15) is 9.50 Å². The summed E-state index contributed by atoms with van der Waals surface area (Å²) in [5.74, 6) is 0.0367. The monoisotopic (exact) mass is 252 g/mol. The van der Waals surface area contributed by atoms with Crippen molar-refractivity contribution in [2.24, 2.45) is 11.7 Å². The molecular weight excluding hydrogens is 231 g/mol. The lowest BCUT2D eigenvalue weighted by Crippen LogP contribution is -2.37. The fourth-order valence-electron chi connectivity index (χ4n) is 2.50. The minimum atomic E-state index is -0.219. The molecule has 18 heavy (non-hydrogen) atoms. The first-order chi connectivity index (χ1) is 8.61. The molecule has 0 amide bonds. The average molecular weight is 252 g/mol. The summed E-state index contributed by atoms with van der Waals surface area (Å²) in [4.78, 5) is 2.02. The van der Waals surface area contributed by atoms with Gasteiger partial charge in [0.2, 0.25) is 0 Å². The number of halogens is 1. The normalized spacial score (nSPS) is 22.0. The fraction of sp³-hybridized carbons (Fsp3) is 0.571. The highest BCUT2D eigenvalue weighted by molar-refractivity contribution is 5.50. The number of nitrogens with two attached hydrogens (primary N) is 1. The van der Waals surface area contributed by atoms with Crippen LogP contribution in [0.25, 0.3) is 0 Å². The van der Waals surface area contributed by atoms with Gasteiger partial charge < -0.3 is 15.7 Å². The van der Waals surface area contributed by atoms with Crippen LogP contribution in [0.4, 0.5) is 10.1 Å². The minimum Gasteiger partial charge on any atom is -0.396 e. The summed E-state index contributed by atoms with van der Waals surface area (Å²) < 4.78 is 14.1. The van der Waals surface area contributed by atoms with Crippen LogP contribution in [0.2, 0.25) is 0 Å². The quantitative estimate of drug-likeness (QED) is 0.865. The number of hydrogen-bond acceptors (Lipinski definition) is 3. The number of nitrogens with zero attached hydrogens (tertiary/aromatic N) is 1. The van der Waals surface area contributed by atoms with E-state index >= 15 is 0 Å². The number of rotatable bonds is 3. The van der Waals surface area contributed by atoms with Gasteiger partial charge in [-0.15, -0.1) is 0 Å². The Morgan fingerprint density at radius 1 is 1.56 bits per heavy atom. The summed E-state index contributed by atoms with van der Waals surface area (Å²) in [5.41, 5.74) is 7.18. The molecule has 1 saturated heterocycles. The Bertz CT molecular complexity index is 409. The molecule has 3 N–H and O–H groups in total. The molecule has 1 aliphatic heterocycles. The van der Waals surface area contributed by atoms with Crippen LogP contribution in [0.5, 0.6) is 0 Å². The van der Waals surface area contributed by atoms with Gasteiger partial charge in [-0.3, -0.25) is 0 Å². The van der Waals surface area contributed by atoms with Crippen molar-refractivity contribution in [3.05, 3.63) is 29.6 Å². The molecule has 0 aliphatic carbocycles. The molecule has 0 bridgehead atoms. The molecule has 4 heteroatoms. The standard InChI is InChI=1S/C14H21FN2O/c1-10(16)12-4-5-14(13(15)7-12)17-6-2-3-11(8-17)9-18/h4-5,7,10-11,18H,2-3,6,8-9,16H2,1H3. The molecule has 1 fully saturated rings. The number of piperidine rings is 1. The Morgan fingerprint density at radius 2 is 2.33 bits per heavy atom. The zero-order chi connectivity index (χ0) is 13.1. The maximum atomic E-state index is 14.1. The van der Waals surface area contributed by atoms with Gasteiger partial charge in [0.15, 0.2) is 0 Å². The van der Waals surface area contributed by atoms with Crippen molar-refractivity contribution >= 4 is 5.69 Å². The van der Waals surface area contributed by atoms with E-state index < -0.39 is 0 Å². The van der Waals surface area contributed by atoms with Crippen LogP contribution in [0.1, 0.15) is 31.4 Å². The number of aliphatic hydroxyl groups is 1. The van der Waals surface area contributed by atoms with E-state index in [0.29, 0.717) is 5.69 Å². The van der Waals surface area contributed by atoms with Crippen LogP contribution in [0.15, 0.2) is 18.2 Å². The molecule has 1 aliphatic rings. The first-order valence-corrected chi connectivity index (χ1v) is 6.52. The van der Waals surface area contributed by atoms with Gasteiger partial charge in [-0.25, -0.2) is 4.39 Å². The van der Waals surface area contributed by atoms with Crippen LogP contribution in [0.3, 0.4) is 0 Å². The molecule has 100 valence electrons. The molecule has 0 aromatic heterocycles.